The van der Waals surface area contributed by atoms with E-state index < -0.39 is 0 Å². The first-order valence-corrected chi connectivity index (χ1v) is 5.97. The zero-order chi connectivity index (χ0) is 17.9. The van der Waals surface area contributed by atoms with Crippen LogP contribution in [0.15, 0.2) is 24.3 Å². The van der Waals surface area contributed by atoms with Gasteiger partial charge in [-0.2, -0.15) is 0 Å². The number of hydrogen-bond acceptors (Lipinski definition) is 0. The Bertz CT molecular complexity index is 368. The van der Waals surface area contributed by atoms with Crippen LogP contribution in [-0.2, 0) is 27.9 Å². The second kappa shape index (κ2) is 21.8. The summed E-state index contributed by atoms with van der Waals surface area (Å²) in [5.41, 5.74) is -0.333. The van der Waals surface area contributed by atoms with E-state index in [0.717, 1.165) is 0 Å². The minimum atomic E-state index is -0.167. The average Bonchev–Trinajstić information content (AvgIpc) is 3.02. The first kappa shape index (κ1) is 32.5. The molecule has 1 rings (SSSR count). The summed E-state index contributed by atoms with van der Waals surface area (Å²) in [6, 6.07) is 0. The molecule has 0 unspecified atom stereocenters. The van der Waals surface area contributed by atoms with Gasteiger partial charge in [-0.05, 0) is 0 Å². The van der Waals surface area contributed by atoms with E-state index in [4.69, 9.17) is 22.4 Å². The van der Waals surface area contributed by atoms with Crippen molar-refractivity contribution in [2.24, 2.45) is 0 Å². The predicted molar refractivity (Wildman–Crippen MR) is 83.1 cm³/mol. The van der Waals surface area contributed by atoms with Crippen molar-refractivity contribution in [3.8, 4) is 0 Å². The van der Waals surface area contributed by atoms with Crippen LogP contribution in [0.1, 0.15) is 41.5 Å². The molecule has 0 amide bonds. The van der Waals surface area contributed by atoms with Crippen LogP contribution in [0.2, 0.25) is 0 Å². The summed E-state index contributed by atoms with van der Waals surface area (Å²) in [6.45, 7) is 33.3. The zero-order valence-corrected chi connectivity index (χ0v) is 15.4. The quantitative estimate of drug-likeness (QED) is 0.456. The maximum atomic E-state index is 7.50. The molecule has 22 heavy (non-hydrogen) atoms. The van der Waals surface area contributed by atoms with Crippen molar-refractivity contribution >= 4 is 0 Å². The fourth-order valence-corrected chi connectivity index (χ4v) is 0.321. The molecular weight excluding hydrogens is 315 g/mol. The molecule has 0 aromatic carbocycles. The second-order valence-corrected chi connectivity index (χ2v) is 5.53. The van der Waals surface area contributed by atoms with Crippen molar-refractivity contribution in [2.75, 3.05) is 0 Å². The van der Waals surface area contributed by atoms with Gasteiger partial charge in [0.2, 0.25) is 11.1 Å². The number of hydrogen-bond donors (Lipinski definition) is 0. The van der Waals surface area contributed by atoms with Crippen molar-refractivity contribution in [3.05, 3.63) is 66.9 Å². The molecule has 1 aliphatic rings. The fraction of sp³-hybridized carbons (Fsp3) is 0.471. The second-order valence-electron chi connectivity index (χ2n) is 5.53. The van der Waals surface area contributed by atoms with Crippen molar-refractivity contribution in [1.82, 2.24) is 0 Å². The van der Waals surface area contributed by atoms with Gasteiger partial charge in [-0.1, -0.05) is 24.3 Å². The maximum absolute atomic E-state index is 7.50. The molecule has 0 aromatic heterocycles. The Morgan fingerprint density at radius 2 is 0.818 bits per heavy atom. The third-order valence-corrected chi connectivity index (χ3v) is 1.23. The molecule has 5 heteroatoms. The van der Waals surface area contributed by atoms with Crippen LogP contribution in [-0.4, -0.2) is 11.1 Å². The molecule has 0 spiro atoms. The Labute approximate surface area is 147 Å². The molecular formula is C17H23N2O2V. The van der Waals surface area contributed by atoms with Crippen LogP contribution in [0.4, 0.5) is 0 Å². The van der Waals surface area contributed by atoms with E-state index in [2.05, 4.69) is 23.0 Å². The molecule has 0 saturated heterocycles. The van der Waals surface area contributed by atoms with Crippen molar-refractivity contribution in [1.29, 1.82) is 0 Å². The zero-order valence-electron chi connectivity index (χ0n) is 14.0. The number of rotatable bonds is 0. The van der Waals surface area contributed by atoms with Crippen LogP contribution in [0.3, 0.4) is 0 Å². The summed E-state index contributed by atoms with van der Waals surface area (Å²) >= 11 is 0. The Morgan fingerprint density at radius 3 is 0.864 bits per heavy atom. The van der Waals surface area contributed by atoms with E-state index in [1.807, 2.05) is 72.3 Å². The van der Waals surface area contributed by atoms with Gasteiger partial charge >= 0.3 is 22.6 Å². The van der Waals surface area contributed by atoms with Crippen LogP contribution >= 0.6 is 0 Å². The molecule has 118 valence electrons. The Morgan fingerprint density at radius 1 is 0.636 bits per heavy atom. The first-order valence-electron chi connectivity index (χ1n) is 5.97. The van der Waals surface area contributed by atoms with Gasteiger partial charge < -0.3 is 9.69 Å². The standard InChI is InChI=1S/2C5H9N.C5H5.2CO.V/c2*1-5(2,3)6-4;1-2-4-5-3-1;2*1-2;/h2*1-3H3;1-5H;;;. The molecule has 1 aliphatic carbocycles. The van der Waals surface area contributed by atoms with E-state index in [1.165, 1.54) is 0 Å². The van der Waals surface area contributed by atoms with E-state index in [-0.39, 0.29) is 29.6 Å². The summed E-state index contributed by atoms with van der Waals surface area (Å²) in [4.78, 5) is 6.54. The van der Waals surface area contributed by atoms with Crippen LogP contribution in [0, 0.1) is 32.9 Å². The summed E-state index contributed by atoms with van der Waals surface area (Å²) in [6.07, 6.45) is 10.0. The van der Waals surface area contributed by atoms with Crippen molar-refractivity contribution < 1.29 is 27.9 Å². The molecule has 0 atom stereocenters. The molecule has 2 radical (unpaired) electrons. The minimum absolute atomic E-state index is 0. The minimum Gasteiger partial charge on any atom is -0.0767 e. The molecule has 0 N–H and O–H groups in total. The van der Waals surface area contributed by atoms with Crippen molar-refractivity contribution in [2.45, 2.75) is 52.6 Å². The summed E-state index contributed by atoms with van der Waals surface area (Å²) in [7, 11) is 0. The number of allylic oxidation sites excluding steroid dienone is 4. The Hall–Kier alpha value is -1.48. The molecule has 0 aliphatic heterocycles. The van der Waals surface area contributed by atoms with E-state index in [9.17, 15) is 0 Å². The Kier molecular flexibility index (Phi) is 32.2. The van der Waals surface area contributed by atoms with E-state index >= 15 is 0 Å². The smallest absolute Gasteiger partial charge is 0.00506 e. The van der Waals surface area contributed by atoms with Gasteiger partial charge in [-0.15, -0.1) is 0 Å². The molecule has 4 nitrogen and oxygen atoms in total. The normalized spacial score (nSPS) is 9.82. The monoisotopic (exact) mass is 338 g/mol. The maximum Gasteiger partial charge on any atom is 0.00506 e. The third kappa shape index (κ3) is 62.7. The van der Waals surface area contributed by atoms with Gasteiger partial charge in [-0.3, -0.25) is 0 Å². The van der Waals surface area contributed by atoms with Crippen molar-refractivity contribution in [3.63, 3.8) is 0 Å². The molecule has 0 fully saturated rings. The molecule has 0 saturated carbocycles. The van der Waals surface area contributed by atoms with E-state index in [0.29, 0.717) is 0 Å². The topological polar surface area (TPSA) is 48.5 Å². The first-order chi connectivity index (χ1) is 9.62. The van der Waals surface area contributed by atoms with Gasteiger partial charge in [-0.25, -0.2) is 13.1 Å². The fourth-order valence-electron chi connectivity index (χ4n) is 0.321. The predicted octanol–water partition coefficient (Wildman–Crippen LogP) is 4.65. The van der Waals surface area contributed by atoms with Crippen LogP contribution < -0.4 is 0 Å². The molecule has 0 bridgehead atoms. The van der Waals surface area contributed by atoms with Gasteiger partial charge in [0.1, 0.15) is 0 Å². The van der Waals surface area contributed by atoms with Crippen LogP contribution in [0.5, 0.6) is 0 Å². The van der Waals surface area contributed by atoms with Gasteiger partial charge in [0, 0.05) is 66.5 Å². The summed E-state index contributed by atoms with van der Waals surface area (Å²) in [5, 5.41) is 0. The van der Waals surface area contributed by atoms with Gasteiger partial charge in [0.05, 0.1) is 0 Å². The SMILES string of the molecule is [C-]#[N+]C(C)(C)C.[C-]#[N+]C(C)(C)C.[C-]#[O+].[C-]#[O+].[CH]1C=CC=C1.[V]. The van der Waals surface area contributed by atoms with Gasteiger partial charge in [0.25, 0.3) is 0 Å². The average molecular weight is 338 g/mol. The largest absolute Gasteiger partial charge is 0.0767 e. The van der Waals surface area contributed by atoms with E-state index in [1.54, 1.807) is 0 Å². The summed E-state index contributed by atoms with van der Waals surface area (Å²) < 4.78 is 15.0. The summed E-state index contributed by atoms with van der Waals surface area (Å²) in [5.74, 6) is 0. The number of nitrogens with zero attached hydrogens (tertiary/aromatic N) is 2. The third-order valence-electron chi connectivity index (χ3n) is 1.23. The Balaban J connectivity index is -0.0000000577. The van der Waals surface area contributed by atoms with Gasteiger partial charge in [0.15, 0.2) is 0 Å². The molecule has 0 heterocycles. The van der Waals surface area contributed by atoms with Crippen LogP contribution in [0.25, 0.3) is 9.69 Å². The molecule has 0 aromatic rings.